The van der Waals surface area contributed by atoms with Gasteiger partial charge in [0.1, 0.15) is 5.69 Å². The number of hydrogen-bond acceptors (Lipinski definition) is 4. The van der Waals surface area contributed by atoms with Crippen LogP contribution in [-0.2, 0) is 13.1 Å². The Morgan fingerprint density at radius 2 is 2.08 bits per heavy atom. The summed E-state index contributed by atoms with van der Waals surface area (Å²) in [5.41, 5.74) is 1.61. The monoisotopic (exact) mass is 371 g/mol. The van der Waals surface area contributed by atoms with Gasteiger partial charge in [-0.05, 0) is 36.8 Å². The van der Waals surface area contributed by atoms with Crippen LogP contribution in [0.15, 0.2) is 36.5 Å². The Bertz CT molecular complexity index is 1000. The van der Waals surface area contributed by atoms with Crippen LogP contribution in [0.1, 0.15) is 21.7 Å². The summed E-state index contributed by atoms with van der Waals surface area (Å²) in [5.74, 6) is 0.355. The van der Waals surface area contributed by atoms with Gasteiger partial charge in [0.25, 0.3) is 5.91 Å². The number of aromatic nitrogens is 4. The minimum Gasteiger partial charge on any atom is -0.329 e. The number of pyridine rings is 1. The molecule has 1 aliphatic heterocycles. The van der Waals surface area contributed by atoms with Gasteiger partial charge >= 0.3 is 0 Å². The molecule has 132 valence electrons. The largest absolute Gasteiger partial charge is 0.329 e. The molecule has 2 aromatic heterocycles. The van der Waals surface area contributed by atoms with E-state index in [4.69, 9.17) is 11.6 Å². The Labute approximate surface area is 154 Å². The SMILES string of the molecule is Cc1ccc(C(=O)N2CCn3c(nnc3-c3ncccc3F)C2)c(Cl)c1. The van der Waals surface area contributed by atoms with Crippen molar-refractivity contribution in [1.82, 2.24) is 24.6 Å². The fraction of sp³-hybridized carbons (Fsp3) is 0.222. The molecule has 0 saturated heterocycles. The van der Waals surface area contributed by atoms with E-state index in [-0.39, 0.29) is 18.1 Å². The van der Waals surface area contributed by atoms with E-state index >= 15 is 0 Å². The van der Waals surface area contributed by atoms with Gasteiger partial charge in [-0.3, -0.25) is 4.79 Å². The van der Waals surface area contributed by atoms with Crippen LogP contribution in [0.2, 0.25) is 5.02 Å². The summed E-state index contributed by atoms with van der Waals surface area (Å²) in [5, 5.41) is 8.62. The van der Waals surface area contributed by atoms with Crippen LogP contribution in [0, 0.1) is 12.7 Å². The number of benzene rings is 1. The van der Waals surface area contributed by atoms with E-state index in [1.807, 2.05) is 13.0 Å². The predicted molar refractivity (Wildman–Crippen MR) is 94.1 cm³/mol. The van der Waals surface area contributed by atoms with E-state index in [0.717, 1.165) is 5.56 Å². The average Bonchev–Trinajstić information content (AvgIpc) is 3.04. The zero-order valence-corrected chi connectivity index (χ0v) is 14.7. The van der Waals surface area contributed by atoms with Crippen LogP contribution in [0.5, 0.6) is 0 Å². The molecule has 1 amide bonds. The molecule has 0 fully saturated rings. The van der Waals surface area contributed by atoms with Crippen molar-refractivity contribution in [2.45, 2.75) is 20.0 Å². The maximum absolute atomic E-state index is 14.0. The Kier molecular flexibility index (Phi) is 4.16. The summed E-state index contributed by atoms with van der Waals surface area (Å²) in [6.07, 6.45) is 1.51. The number of aryl methyl sites for hydroxylation is 1. The summed E-state index contributed by atoms with van der Waals surface area (Å²) in [7, 11) is 0. The van der Waals surface area contributed by atoms with Crippen molar-refractivity contribution in [3.63, 3.8) is 0 Å². The van der Waals surface area contributed by atoms with Gasteiger partial charge in [-0.25, -0.2) is 9.37 Å². The molecule has 0 spiro atoms. The number of halogens is 2. The van der Waals surface area contributed by atoms with Gasteiger partial charge < -0.3 is 9.47 Å². The molecule has 1 aromatic carbocycles. The van der Waals surface area contributed by atoms with Gasteiger partial charge in [-0.15, -0.1) is 10.2 Å². The standard InChI is InChI=1S/C18H15ClFN5O/c1-11-4-5-12(13(19)9-11)18(26)24-7-8-25-15(10-24)22-23-17(25)16-14(20)3-2-6-21-16/h2-6,9H,7-8,10H2,1H3. The van der Waals surface area contributed by atoms with E-state index in [9.17, 15) is 9.18 Å². The predicted octanol–water partition coefficient (Wildman–Crippen LogP) is 3.10. The highest BCUT2D eigenvalue weighted by atomic mass is 35.5. The maximum Gasteiger partial charge on any atom is 0.255 e. The lowest BCUT2D eigenvalue weighted by Crippen LogP contribution is -2.38. The van der Waals surface area contributed by atoms with Gasteiger partial charge in [0.05, 0.1) is 17.1 Å². The third kappa shape index (κ3) is 2.84. The second-order valence-electron chi connectivity index (χ2n) is 6.14. The fourth-order valence-electron chi connectivity index (χ4n) is 3.02. The van der Waals surface area contributed by atoms with Crippen molar-refractivity contribution in [2.75, 3.05) is 6.54 Å². The summed E-state index contributed by atoms with van der Waals surface area (Å²) in [4.78, 5) is 18.5. The molecule has 0 radical (unpaired) electrons. The van der Waals surface area contributed by atoms with Crippen LogP contribution in [0.3, 0.4) is 0 Å². The lowest BCUT2D eigenvalue weighted by atomic mass is 10.1. The highest BCUT2D eigenvalue weighted by Crippen LogP contribution is 2.25. The summed E-state index contributed by atoms with van der Waals surface area (Å²) in [6.45, 7) is 3.12. The van der Waals surface area contributed by atoms with Crippen molar-refractivity contribution in [3.05, 3.63) is 64.3 Å². The molecule has 4 rings (SSSR count). The molecule has 0 N–H and O–H groups in total. The average molecular weight is 372 g/mol. The van der Waals surface area contributed by atoms with Gasteiger partial charge in [0.2, 0.25) is 0 Å². The first-order valence-electron chi connectivity index (χ1n) is 8.13. The number of nitrogens with zero attached hydrogens (tertiary/aromatic N) is 5. The lowest BCUT2D eigenvalue weighted by Gasteiger charge is -2.28. The van der Waals surface area contributed by atoms with Crippen LogP contribution in [0.4, 0.5) is 4.39 Å². The highest BCUT2D eigenvalue weighted by Gasteiger charge is 2.27. The quantitative estimate of drug-likeness (QED) is 0.694. The van der Waals surface area contributed by atoms with E-state index < -0.39 is 5.82 Å². The Morgan fingerprint density at radius 1 is 1.23 bits per heavy atom. The molecule has 1 aliphatic rings. The molecule has 0 bridgehead atoms. The van der Waals surface area contributed by atoms with Crippen molar-refractivity contribution < 1.29 is 9.18 Å². The molecule has 0 atom stereocenters. The fourth-order valence-corrected chi connectivity index (χ4v) is 3.34. The minimum atomic E-state index is -0.451. The molecule has 26 heavy (non-hydrogen) atoms. The zero-order valence-electron chi connectivity index (χ0n) is 14.0. The molecule has 3 aromatic rings. The zero-order chi connectivity index (χ0) is 18.3. The van der Waals surface area contributed by atoms with Gasteiger partial charge in [-0.2, -0.15) is 0 Å². The second-order valence-corrected chi connectivity index (χ2v) is 6.54. The summed E-state index contributed by atoms with van der Waals surface area (Å²) < 4.78 is 15.8. The van der Waals surface area contributed by atoms with Crippen molar-refractivity contribution in [2.24, 2.45) is 0 Å². The number of hydrogen-bond donors (Lipinski definition) is 0. The Hall–Kier alpha value is -2.80. The number of carbonyl (C=O) groups excluding carboxylic acids is 1. The molecule has 0 aliphatic carbocycles. The van der Waals surface area contributed by atoms with Gasteiger partial charge in [-0.1, -0.05) is 17.7 Å². The molecule has 3 heterocycles. The van der Waals surface area contributed by atoms with Gasteiger partial charge in [0, 0.05) is 19.3 Å². The number of carbonyl (C=O) groups is 1. The topological polar surface area (TPSA) is 63.9 Å². The number of amides is 1. The van der Waals surface area contributed by atoms with E-state index in [1.54, 1.807) is 21.6 Å². The maximum atomic E-state index is 14.0. The summed E-state index contributed by atoms with van der Waals surface area (Å²) >= 11 is 6.21. The minimum absolute atomic E-state index is 0.158. The van der Waals surface area contributed by atoms with E-state index in [1.165, 1.54) is 18.3 Å². The van der Waals surface area contributed by atoms with Crippen molar-refractivity contribution in [3.8, 4) is 11.5 Å². The first-order chi connectivity index (χ1) is 12.5. The second kappa shape index (κ2) is 6.49. The van der Waals surface area contributed by atoms with E-state index in [0.29, 0.717) is 35.3 Å². The normalized spacial score (nSPS) is 13.6. The first-order valence-corrected chi connectivity index (χ1v) is 8.51. The van der Waals surface area contributed by atoms with Crippen LogP contribution in [-0.4, -0.2) is 37.1 Å². The molecule has 6 nitrogen and oxygen atoms in total. The Morgan fingerprint density at radius 3 is 2.85 bits per heavy atom. The van der Waals surface area contributed by atoms with Crippen LogP contribution < -0.4 is 0 Å². The highest BCUT2D eigenvalue weighted by molar-refractivity contribution is 6.33. The van der Waals surface area contributed by atoms with E-state index in [2.05, 4.69) is 15.2 Å². The van der Waals surface area contributed by atoms with Crippen LogP contribution in [0.25, 0.3) is 11.5 Å². The first kappa shape index (κ1) is 16.7. The number of rotatable bonds is 2. The Balaban J connectivity index is 1.61. The molecule has 0 unspecified atom stereocenters. The van der Waals surface area contributed by atoms with Crippen molar-refractivity contribution in [1.29, 1.82) is 0 Å². The molecular weight excluding hydrogens is 357 g/mol. The third-order valence-electron chi connectivity index (χ3n) is 4.37. The molecular formula is C18H15ClFN5O. The lowest BCUT2D eigenvalue weighted by molar-refractivity contribution is 0.0708. The van der Waals surface area contributed by atoms with Gasteiger partial charge in [0.15, 0.2) is 17.5 Å². The summed E-state index contributed by atoms with van der Waals surface area (Å²) in [6, 6.07) is 8.21. The van der Waals surface area contributed by atoms with Crippen LogP contribution >= 0.6 is 11.6 Å². The smallest absolute Gasteiger partial charge is 0.255 e. The number of fused-ring (bicyclic) bond motifs is 1. The third-order valence-corrected chi connectivity index (χ3v) is 4.68. The molecule has 8 heteroatoms. The molecule has 0 saturated carbocycles. The van der Waals surface area contributed by atoms with Crippen molar-refractivity contribution >= 4 is 17.5 Å².